The van der Waals surface area contributed by atoms with E-state index in [0.717, 1.165) is 19.3 Å². The molecule has 1 aliphatic rings. The summed E-state index contributed by atoms with van der Waals surface area (Å²) in [6, 6.07) is 0.300. The molecule has 2 atom stereocenters. The number of hydrogen-bond acceptors (Lipinski definition) is 3. The van der Waals surface area contributed by atoms with Crippen molar-refractivity contribution in [3.8, 4) is 0 Å². The molecule has 0 spiro atoms. The summed E-state index contributed by atoms with van der Waals surface area (Å²) in [4.78, 5) is 11.6. The number of carbonyl (C=O) groups excluding carboxylic acids is 1. The zero-order valence-electron chi connectivity index (χ0n) is 10.6. The molecule has 1 rings (SSSR count). The van der Waals surface area contributed by atoms with E-state index in [0.29, 0.717) is 31.5 Å². The van der Waals surface area contributed by atoms with Crippen LogP contribution in [0.2, 0.25) is 0 Å². The molecule has 5 heteroatoms. The number of hydrogen-bond donors (Lipinski definition) is 2. The molecule has 0 radical (unpaired) electrons. The van der Waals surface area contributed by atoms with Crippen LogP contribution in [0, 0.1) is 5.92 Å². The van der Waals surface area contributed by atoms with Crippen LogP contribution in [-0.2, 0) is 9.53 Å². The number of nitrogens with one attached hydrogen (secondary N) is 1. The predicted molar refractivity (Wildman–Crippen MR) is 71.3 cm³/mol. The minimum atomic E-state index is 0. The van der Waals surface area contributed by atoms with Gasteiger partial charge in [-0.05, 0) is 31.7 Å². The number of rotatable bonds is 6. The quantitative estimate of drug-likeness (QED) is 0.714. The molecule has 17 heavy (non-hydrogen) atoms. The molecule has 1 saturated carbocycles. The van der Waals surface area contributed by atoms with Gasteiger partial charge in [-0.2, -0.15) is 0 Å². The number of methoxy groups -OCH3 is 1. The van der Waals surface area contributed by atoms with E-state index in [1.807, 2.05) is 0 Å². The van der Waals surface area contributed by atoms with E-state index in [-0.39, 0.29) is 18.3 Å². The first-order valence-electron chi connectivity index (χ1n) is 6.26. The van der Waals surface area contributed by atoms with Crippen molar-refractivity contribution in [2.75, 3.05) is 20.3 Å². The first-order chi connectivity index (χ1) is 7.77. The van der Waals surface area contributed by atoms with Crippen molar-refractivity contribution in [2.45, 2.75) is 44.6 Å². The SMILES string of the molecule is COCCCC(=O)NC1CCCCC1CN.Cl. The van der Waals surface area contributed by atoms with Crippen molar-refractivity contribution in [2.24, 2.45) is 11.7 Å². The molecule has 3 N–H and O–H groups in total. The van der Waals surface area contributed by atoms with Gasteiger partial charge in [0.25, 0.3) is 0 Å². The van der Waals surface area contributed by atoms with E-state index < -0.39 is 0 Å². The highest BCUT2D eigenvalue weighted by Crippen LogP contribution is 2.23. The van der Waals surface area contributed by atoms with E-state index in [4.69, 9.17) is 10.5 Å². The van der Waals surface area contributed by atoms with Crippen LogP contribution in [-0.4, -0.2) is 32.2 Å². The Labute approximate surface area is 110 Å². The van der Waals surface area contributed by atoms with Crippen molar-refractivity contribution in [3.63, 3.8) is 0 Å². The van der Waals surface area contributed by atoms with Crippen LogP contribution in [0.1, 0.15) is 38.5 Å². The molecule has 0 aliphatic heterocycles. The van der Waals surface area contributed by atoms with Crippen molar-refractivity contribution in [3.05, 3.63) is 0 Å². The molecule has 2 unspecified atom stereocenters. The highest BCUT2D eigenvalue weighted by atomic mass is 35.5. The third kappa shape index (κ3) is 6.24. The van der Waals surface area contributed by atoms with Crippen molar-refractivity contribution in [1.82, 2.24) is 5.32 Å². The second kappa shape index (κ2) is 9.68. The summed E-state index contributed by atoms with van der Waals surface area (Å²) in [6.07, 6.45) is 6.04. The fourth-order valence-electron chi connectivity index (χ4n) is 2.34. The molecule has 0 aromatic carbocycles. The van der Waals surface area contributed by atoms with E-state index in [1.165, 1.54) is 12.8 Å². The van der Waals surface area contributed by atoms with Crippen molar-refractivity contribution in [1.29, 1.82) is 0 Å². The Balaban J connectivity index is 0.00000256. The zero-order valence-corrected chi connectivity index (χ0v) is 11.4. The van der Waals surface area contributed by atoms with Crippen LogP contribution < -0.4 is 11.1 Å². The van der Waals surface area contributed by atoms with E-state index >= 15 is 0 Å². The van der Waals surface area contributed by atoms with Gasteiger partial charge in [-0.15, -0.1) is 12.4 Å². The molecule has 0 aromatic rings. The molecule has 1 amide bonds. The summed E-state index contributed by atoms with van der Waals surface area (Å²) in [7, 11) is 1.66. The van der Waals surface area contributed by atoms with Gasteiger partial charge in [0.15, 0.2) is 0 Å². The van der Waals surface area contributed by atoms with Crippen LogP contribution in [0.5, 0.6) is 0 Å². The second-order valence-electron chi connectivity index (χ2n) is 4.55. The lowest BCUT2D eigenvalue weighted by molar-refractivity contribution is -0.122. The zero-order chi connectivity index (χ0) is 11.8. The Morgan fingerprint density at radius 3 is 2.76 bits per heavy atom. The maximum atomic E-state index is 11.6. The molecular formula is C12H25ClN2O2. The predicted octanol–water partition coefficient (Wildman–Crippen LogP) is 1.47. The van der Waals surface area contributed by atoms with Crippen LogP contribution >= 0.6 is 12.4 Å². The number of nitrogens with two attached hydrogens (primary N) is 1. The Morgan fingerprint density at radius 2 is 2.12 bits per heavy atom. The lowest BCUT2D eigenvalue weighted by Crippen LogP contribution is -2.44. The average Bonchev–Trinajstić information content (AvgIpc) is 2.30. The fraction of sp³-hybridized carbons (Fsp3) is 0.917. The van der Waals surface area contributed by atoms with Gasteiger partial charge in [0.05, 0.1) is 0 Å². The topological polar surface area (TPSA) is 64.3 Å². The van der Waals surface area contributed by atoms with Gasteiger partial charge in [0, 0.05) is 26.2 Å². The first kappa shape index (κ1) is 16.7. The Hall–Kier alpha value is -0.320. The van der Waals surface area contributed by atoms with Crippen molar-refractivity contribution >= 4 is 18.3 Å². The van der Waals surface area contributed by atoms with Crippen LogP contribution in [0.4, 0.5) is 0 Å². The molecule has 0 bridgehead atoms. The molecule has 1 fully saturated rings. The normalized spacial score (nSPS) is 23.9. The fourth-order valence-corrected chi connectivity index (χ4v) is 2.34. The smallest absolute Gasteiger partial charge is 0.220 e. The monoisotopic (exact) mass is 264 g/mol. The molecule has 102 valence electrons. The maximum absolute atomic E-state index is 11.6. The molecule has 0 heterocycles. The summed E-state index contributed by atoms with van der Waals surface area (Å²) >= 11 is 0. The molecule has 1 aliphatic carbocycles. The third-order valence-electron chi connectivity index (χ3n) is 3.31. The van der Waals surface area contributed by atoms with Crippen LogP contribution in [0.15, 0.2) is 0 Å². The number of amides is 1. The highest BCUT2D eigenvalue weighted by molar-refractivity contribution is 5.85. The van der Waals surface area contributed by atoms with Crippen LogP contribution in [0.25, 0.3) is 0 Å². The Kier molecular flexibility index (Phi) is 9.50. The van der Waals surface area contributed by atoms with Crippen molar-refractivity contribution < 1.29 is 9.53 Å². The van der Waals surface area contributed by atoms with Gasteiger partial charge in [0.2, 0.25) is 5.91 Å². The van der Waals surface area contributed by atoms with Gasteiger partial charge in [-0.25, -0.2) is 0 Å². The number of carbonyl (C=O) groups is 1. The third-order valence-corrected chi connectivity index (χ3v) is 3.31. The van der Waals surface area contributed by atoms with Gasteiger partial charge in [-0.1, -0.05) is 12.8 Å². The lowest BCUT2D eigenvalue weighted by Gasteiger charge is -2.31. The van der Waals surface area contributed by atoms with Gasteiger partial charge in [0.1, 0.15) is 0 Å². The minimum absolute atomic E-state index is 0. The molecule has 4 nitrogen and oxygen atoms in total. The molecule has 0 aromatic heterocycles. The highest BCUT2D eigenvalue weighted by Gasteiger charge is 2.24. The van der Waals surface area contributed by atoms with E-state index in [9.17, 15) is 4.79 Å². The van der Waals surface area contributed by atoms with E-state index in [1.54, 1.807) is 7.11 Å². The maximum Gasteiger partial charge on any atom is 0.220 e. The summed E-state index contributed by atoms with van der Waals surface area (Å²) in [6.45, 7) is 1.33. The Morgan fingerprint density at radius 1 is 1.41 bits per heavy atom. The first-order valence-corrected chi connectivity index (χ1v) is 6.26. The summed E-state index contributed by atoms with van der Waals surface area (Å²) in [5.41, 5.74) is 5.72. The Bertz CT molecular complexity index is 215. The summed E-state index contributed by atoms with van der Waals surface area (Å²) in [5, 5.41) is 3.10. The minimum Gasteiger partial charge on any atom is -0.385 e. The molecule has 0 saturated heterocycles. The van der Waals surface area contributed by atoms with Gasteiger partial charge in [-0.3, -0.25) is 4.79 Å². The van der Waals surface area contributed by atoms with E-state index in [2.05, 4.69) is 5.32 Å². The summed E-state index contributed by atoms with van der Waals surface area (Å²) < 4.78 is 4.92. The summed E-state index contributed by atoms with van der Waals surface area (Å²) in [5.74, 6) is 0.613. The number of halogens is 1. The lowest BCUT2D eigenvalue weighted by atomic mass is 9.84. The standard InChI is InChI=1S/C12H24N2O2.ClH/c1-16-8-4-7-12(15)14-11-6-3-2-5-10(11)9-13;/h10-11H,2-9,13H2,1H3,(H,14,15);1H. The largest absolute Gasteiger partial charge is 0.385 e. The average molecular weight is 265 g/mol. The molecular weight excluding hydrogens is 240 g/mol. The number of ether oxygens (including phenoxy) is 1. The van der Waals surface area contributed by atoms with Gasteiger partial charge >= 0.3 is 0 Å². The van der Waals surface area contributed by atoms with Crippen LogP contribution in [0.3, 0.4) is 0 Å². The van der Waals surface area contributed by atoms with Gasteiger partial charge < -0.3 is 15.8 Å². The second-order valence-corrected chi connectivity index (χ2v) is 4.55.